The van der Waals surface area contributed by atoms with Crippen LogP contribution in [0.15, 0.2) is 54.6 Å². The van der Waals surface area contributed by atoms with Gasteiger partial charge in [-0.1, -0.05) is 42.5 Å². The molecule has 0 heterocycles. The van der Waals surface area contributed by atoms with Crippen molar-refractivity contribution in [2.75, 3.05) is 13.7 Å². The average molecular weight is 329 g/mol. The molecule has 23 heavy (non-hydrogen) atoms. The van der Waals surface area contributed by atoms with Crippen molar-refractivity contribution in [1.82, 2.24) is 5.32 Å². The van der Waals surface area contributed by atoms with Gasteiger partial charge < -0.3 is 10.1 Å². The van der Waals surface area contributed by atoms with E-state index in [4.69, 9.17) is 4.74 Å². The van der Waals surface area contributed by atoms with Crippen LogP contribution in [0.4, 0.5) is 0 Å². The molecular weight excluding hydrogens is 306 g/mol. The number of methoxy groups -OCH3 is 1. The Hall–Kier alpha value is -1.94. The molecule has 0 saturated heterocycles. The van der Waals surface area contributed by atoms with Gasteiger partial charge in [0.1, 0.15) is 5.75 Å². The maximum atomic E-state index is 12.1. The third kappa shape index (κ3) is 5.99. The van der Waals surface area contributed by atoms with Crippen LogP contribution in [0.25, 0.3) is 0 Å². The second kappa shape index (κ2) is 9.26. The molecule has 2 aromatic rings. The quantitative estimate of drug-likeness (QED) is 0.803. The zero-order chi connectivity index (χ0) is 16.5. The molecule has 0 saturated carbocycles. The number of rotatable bonds is 8. The van der Waals surface area contributed by atoms with Crippen LogP contribution in [0, 0.1) is 0 Å². The van der Waals surface area contributed by atoms with Gasteiger partial charge in [0.15, 0.2) is 0 Å². The van der Waals surface area contributed by atoms with Crippen molar-refractivity contribution in [1.29, 1.82) is 0 Å². The monoisotopic (exact) mass is 329 g/mol. The lowest BCUT2D eigenvalue weighted by Gasteiger charge is -2.12. The minimum atomic E-state index is -0.0499. The highest BCUT2D eigenvalue weighted by Gasteiger charge is 2.12. The number of thioether (sulfide) groups is 1. The van der Waals surface area contributed by atoms with Crippen LogP contribution in [0.2, 0.25) is 0 Å². The number of amides is 1. The summed E-state index contributed by atoms with van der Waals surface area (Å²) in [5, 5.41) is 2.95. The number of benzene rings is 2. The first-order chi connectivity index (χ1) is 11.2. The van der Waals surface area contributed by atoms with E-state index < -0.39 is 0 Å². The van der Waals surface area contributed by atoms with Gasteiger partial charge in [0.05, 0.1) is 12.4 Å². The third-order valence-corrected chi connectivity index (χ3v) is 4.80. The van der Waals surface area contributed by atoms with E-state index in [0.29, 0.717) is 6.54 Å². The Balaban J connectivity index is 1.69. The normalized spacial score (nSPS) is 11.7. The zero-order valence-electron chi connectivity index (χ0n) is 13.6. The highest BCUT2D eigenvalue weighted by Crippen LogP contribution is 2.17. The molecule has 0 aliphatic heterocycles. The van der Waals surface area contributed by atoms with Crippen LogP contribution in [-0.2, 0) is 17.0 Å². The van der Waals surface area contributed by atoms with Gasteiger partial charge in [0.2, 0.25) is 5.91 Å². The predicted octanol–water partition coefficient (Wildman–Crippen LogP) is 3.68. The highest BCUT2D eigenvalue weighted by atomic mass is 32.2. The second-order valence-corrected chi connectivity index (χ2v) is 6.66. The van der Waals surface area contributed by atoms with E-state index >= 15 is 0 Å². The summed E-state index contributed by atoms with van der Waals surface area (Å²) in [5.74, 6) is 1.80. The number of nitrogens with one attached hydrogen (secondary N) is 1. The topological polar surface area (TPSA) is 38.3 Å². The van der Waals surface area contributed by atoms with Gasteiger partial charge >= 0.3 is 0 Å². The Morgan fingerprint density at radius 1 is 1.09 bits per heavy atom. The third-order valence-electron chi connectivity index (χ3n) is 3.58. The molecule has 0 bridgehead atoms. The average Bonchev–Trinajstić information content (AvgIpc) is 2.61. The minimum absolute atomic E-state index is 0.0499. The van der Waals surface area contributed by atoms with Gasteiger partial charge in [0.25, 0.3) is 0 Å². The Morgan fingerprint density at radius 3 is 2.43 bits per heavy atom. The number of hydrogen-bond acceptors (Lipinski definition) is 3. The lowest BCUT2D eigenvalue weighted by molar-refractivity contribution is -0.120. The molecule has 0 fully saturated rings. The molecule has 0 aliphatic carbocycles. The van der Waals surface area contributed by atoms with Gasteiger partial charge in [-0.15, -0.1) is 11.8 Å². The molecule has 122 valence electrons. The molecule has 3 nitrogen and oxygen atoms in total. The molecule has 0 spiro atoms. The maximum Gasteiger partial charge on any atom is 0.232 e. The zero-order valence-corrected chi connectivity index (χ0v) is 14.4. The molecular formula is C19H23NO2S. The van der Waals surface area contributed by atoms with Gasteiger partial charge in [-0.3, -0.25) is 4.79 Å². The van der Waals surface area contributed by atoms with E-state index in [1.165, 1.54) is 11.1 Å². The van der Waals surface area contributed by atoms with Crippen molar-refractivity contribution >= 4 is 17.7 Å². The fourth-order valence-corrected chi connectivity index (χ4v) is 3.01. The van der Waals surface area contributed by atoms with Crippen molar-refractivity contribution in [2.45, 2.75) is 24.3 Å². The Morgan fingerprint density at radius 2 is 1.78 bits per heavy atom. The lowest BCUT2D eigenvalue weighted by atomic mass is 10.1. The summed E-state index contributed by atoms with van der Waals surface area (Å²) in [7, 11) is 1.66. The van der Waals surface area contributed by atoms with Crippen molar-refractivity contribution in [3.63, 3.8) is 0 Å². The number of carbonyl (C=O) groups excluding carboxylic acids is 1. The SMILES string of the molecule is COc1ccc(CCNC(=O)C(C)SCc2ccccc2)cc1. The first-order valence-electron chi connectivity index (χ1n) is 7.75. The van der Waals surface area contributed by atoms with Gasteiger partial charge in [-0.05, 0) is 36.6 Å². The fraction of sp³-hybridized carbons (Fsp3) is 0.316. The van der Waals surface area contributed by atoms with E-state index in [0.717, 1.165) is 17.9 Å². The van der Waals surface area contributed by atoms with E-state index in [1.807, 2.05) is 49.4 Å². The molecule has 1 N–H and O–H groups in total. The van der Waals surface area contributed by atoms with E-state index in [-0.39, 0.29) is 11.2 Å². The van der Waals surface area contributed by atoms with Gasteiger partial charge in [-0.2, -0.15) is 0 Å². The molecule has 2 rings (SSSR count). The number of hydrogen-bond donors (Lipinski definition) is 1. The van der Waals surface area contributed by atoms with Gasteiger partial charge in [-0.25, -0.2) is 0 Å². The van der Waals surface area contributed by atoms with Crippen molar-refractivity contribution in [3.8, 4) is 5.75 Å². The first-order valence-corrected chi connectivity index (χ1v) is 8.80. The predicted molar refractivity (Wildman–Crippen MR) is 96.9 cm³/mol. The van der Waals surface area contributed by atoms with E-state index in [1.54, 1.807) is 18.9 Å². The molecule has 1 unspecified atom stereocenters. The second-order valence-electron chi connectivity index (χ2n) is 5.33. The van der Waals surface area contributed by atoms with E-state index in [9.17, 15) is 4.79 Å². The smallest absolute Gasteiger partial charge is 0.232 e. The largest absolute Gasteiger partial charge is 0.497 e. The van der Waals surface area contributed by atoms with Crippen molar-refractivity contribution in [3.05, 3.63) is 65.7 Å². The van der Waals surface area contributed by atoms with Crippen LogP contribution in [0.5, 0.6) is 5.75 Å². The van der Waals surface area contributed by atoms with Crippen LogP contribution in [-0.4, -0.2) is 24.8 Å². The number of ether oxygens (including phenoxy) is 1. The Bertz CT molecular complexity index is 599. The highest BCUT2D eigenvalue weighted by molar-refractivity contribution is 7.99. The van der Waals surface area contributed by atoms with Crippen molar-refractivity contribution in [2.24, 2.45) is 0 Å². The maximum absolute atomic E-state index is 12.1. The van der Waals surface area contributed by atoms with Crippen LogP contribution in [0.3, 0.4) is 0 Å². The fourth-order valence-electron chi connectivity index (χ4n) is 2.14. The summed E-state index contributed by atoms with van der Waals surface area (Å²) in [5.41, 5.74) is 2.44. The summed E-state index contributed by atoms with van der Waals surface area (Å²) in [6.45, 7) is 2.61. The molecule has 1 amide bonds. The van der Waals surface area contributed by atoms with Gasteiger partial charge in [0, 0.05) is 12.3 Å². The molecule has 0 radical (unpaired) electrons. The first kappa shape index (κ1) is 17.4. The van der Waals surface area contributed by atoms with Crippen LogP contribution >= 0.6 is 11.8 Å². The molecule has 1 atom stereocenters. The summed E-state index contributed by atoms with van der Waals surface area (Å²) in [6, 6.07) is 18.2. The molecule has 2 aromatic carbocycles. The summed E-state index contributed by atoms with van der Waals surface area (Å²) in [4.78, 5) is 12.1. The number of carbonyl (C=O) groups is 1. The van der Waals surface area contributed by atoms with Crippen LogP contribution < -0.4 is 10.1 Å². The minimum Gasteiger partial charge on any atom is -0.497 e. The standard InChI is InChI=1S/C19H23NO2S/c1-15(23-14-17-6-4-3-5-7-17)19(21)20-13-12-16-8-10-18(22-2)11-9-16/h3-11,15H,12-14H2,1-2H3,(H,20,21). The summed E-state index contributed by atoms with van der Waals surface area (Å²) >= 11 is 1.66. The van der Waals surface area contributed by atoms with Crippen molar-refractivity contribution < 1.29 is 9.53 Å². The Labute approximate surface area is 142 Å². The van der Waals surface area contributed by atoms with Crippen LogP contribution in [0.1, 0.15) is 18.1 Å². The molecule has 0 aromatic heterocycles. The molecule has 4 heteroatoms. The summed E-state index contributed by atoms with van der Waals surface area (Å²) in [6.07, 6.45) is 0.825. The Kier molecular flexibility index (Phi) is 7.01. The van der Waals surface area contributed by atoms with E-state index in [2.05, 4.69) is 17.4 Å². The summed E-state index contributed by atoms with van der Waals surface area (Å²) < 4.78 is 5.13. The molecule has 0 aliphatic rings. The lowest BCUT2D eigenvalue weighted by Crippen LogP contribution is -2.32.